The van der Waals surface area contributed by atoms with Crippen LogP contribution in [0.5, 0.6) is 0 Å². The van der Waals surface area contributed by atoms with E-state index in [4.69, 9.17) is 5.73 Å². The standard InChI is InChI=1S/C14H29N3/c1-3-5-6-7-11-16-13(15)17-12-14(4-2)9-8-10-14/h3-12H2,1-2H3,(H3,15,16,17). The van der Waals surface area contributed by atoms with E-state index in [1.165, 1.54) is 51.4 Å². The number of rotatable bonds is 8. The molecule has 0 radical (unpaired) electrons. The monoisotopic (exact) mass is 239 g/mol. The average molecular weight is 239 g/mol. The second-order valence-corrected chi connectivity index (χ2v) is 5.40. The average Bonchev–Trinajstić information content (AvgIpc) is 2.28. The summed E-state index contributed by atoms with van der Waals surface area (Å²) in [6.45, 7) is 6.38. The Hall–Kier alpha value is -0.730. The minimum Gasteiger partial charge on any atom is -0.370 e. The lowest BCUT2D eigenvalue weighted by molar-refractivity contribution is 0.139. The number of aliphatic imine (C=N–C) groups is 1. The zero-order valence-corrected chi connectivity index (χ0v) is 11.6. The van der Waals surface area contributed by atoms with Gasteiger partial charge in [-0.05, 0) is 31.1 Å². The Balaban J connectivity index is 2.11. The zero-order chi connectivity index (χ0) is 12.6. The van der Waals surface area contributed by atoms with E-state index in [1.807, 2.05) is 0 Å². The summed E-state index contributed by atoms with van der Waals surface area (Å²) in [6.07, 6.45) is 10.3. The largest absolute Gasteiger partial charge is 0.370 e. The van der Waals surface area contributed by atoms with Gasteiger partial charge in [-0.2, -0.15) is 0 Å². The van der Waals surface area contributed by atoms with Crippen molar-refractivity contribution in [3.63, 3.8) is 0 Å². The molecule has 0 aromatic rings. The number of guanidine groups is 1. The minimum atomic E-state index is 0.481. The number of hydrogen-bond acceptors (Lipinski definition) is 1. The molecule has 1 rings (SSSR count). The fraction of sp³-hybridized carbons (Fsp3) is 0.929. The molecule has 1 aliphatic rings. The first-order valence-electron chi connectivity index (χ1n) is 7.26. The van der Waals surface area contributed by atoms with Gasteiger partial charge in [-0.3, -0.25) is 4.99 Å². The van der Waals surface area contributed by atoms with Crippen LogP contribution in [-0.2, 0) is 0 Å². The first-order chi connectivity index (χ1) is 8.22. The molecule has 3 nitrogen and oxygen atoms in total. The molecule has 1 saturated carbocycles. The zero-order valence-electron chi connectivity index (χ0n) is 11.6. The molecule has 3 N–H and O–H groups in total. The lowest BCUT2D eigenvalue weighted by atomic mass is 9.67. The first-order valence-corrected chi connectivity index (χ1v) is 7.26. The summed E-state index contributed by atoms with van der Waals surface area (Å²) in [5.74, 6) is 0.640. The molecule has 1 aliphatic carbocycles. The summed E-state index contributed by atoms with van der Waals surface area (Å²) in [7, 11) is 0. The van der Waals surface area contributed by atoms with Crippen LogP contribution < -0.4 is 11.1 Å². The van der Waals surface area contributed by atoms with E-state index in [0.29, 0.717) is 11.4 Å². The fourth-order valence-corrected chi connectivity index (χ4v) is 2.38. The van der Waals surface area contributed by atoms with Gasteiger partial charge in [-0.25, -0.2) is 0 Å². The van der Waals surface area contributed by atoms with Crippen LogP contribution in [0.1, 0.15) is 65.2 Å². The molecule has 0 heterocycles. The maximum Gasteiger partial charge on any atom is 0.188 e. The Bertz CT molecular complexity index is 226. The van der Waals surface area contributed by atoms with E-state index in [9.17, 15) is 0 Å². The summed E-state index contributed by atoms with van der Waals surface area (Å²) in [6, 6.07) is 0. The lowest BCUT2D eigenvalue weighted by Crippen LogP contribution is -2.36. The van der Waals surface area contributed by atoms with Crippen molar-refractivity contribution in [1.29, 1.82) is 0 Å². The van der Waals surface area contributed by atoms with Crippen molar-refractivity contribution in [1.82, 2.24) is 5.32 Å². The lowest BCUT2D eigenvalue weighted by Gasteiger charge is -2.40. The maximum atomic E-state index is 5.87. The minimum absolute atomic E-state index is 0.481. The van der Waals surface area contributed by atoms with Crippen LogP contribution in [0.4, 0.5) is 0 Å². The van der Waals surface area contributed by atoms with Gasteiger partial charge in [0.15, 0.2) is 5.96 Å². The maximum absolute atomic E-state index is 5.87. The third kappa shape index (κ3) is 4.97. The van der Waals surface area contributed by atoms with Crippen molar-refractivity contribution >= 4 is 5.96 Å². The molecule has 3 heteroatoms. The molecule has 0 aromatic heterocycles. The van der Waals surface area contributed by atoms with Crippen LogP contribution in [0.15, 0.2) is 4.99 Å². The summed E-state index contributed by atoms with van der Waals surface area (Å²) in [5.41, 5.74) is 6.35. The van der Waals surface area contributed by atoms with Crippen molar-refractivity contribution in [2.75, 3.05) is 13.1 Å². The van der Waals surface area contributed by atoms with E-state index in [2.05, 4.69) is 24.2 Å². The molecule has 0 unspecified atom stereocenters. The molecule has 0 aromatic carbocycles. The number of nitrogens with zero attached hydrogens (tertiary/aromatic N) is 1. The third-order valence-electron chi connectivity index (χ3n) is 4.09. The van der Waals surface area contributed by atoms with Gasteiger partial charge < -0.3 is 11.1 Å². The van der Waals surface area contributed by atoms with Gasteiger partial charge in [0.1, 0.15) is 0 Å². The van der Waals surface area contributed by atoms with Crippen LogP contribution in [0, 0.1) is 5.41 Å². The van der Waals surface area contributed by atoms with Gasteiger partial charge in [-0.1, -0.05) is 39.5 Å². The Labute approximate surface area is 106 Å². The van der Waals surface area contributed by atoms with Gasteiger partial charge in [0, 0.05) is 13.1 Å². The number of hydrogen-bond donors (Lipinski definition) is 2. The van der Waals surface area contributed by atoms with Crippen LogP contribution in [0.2, 0.25) is 0 Å². The van der Waals surface area contributed by atoms with Crippen molar-refractivity contribution in [3.05, 3.63) is 0 Å². The smallest absolute Gasteiger partial charge is 0.188 e. The van der Waals surface area contributed by atoms with E-state index >= 15 is 0 Å². The SMILES string of the molecule is CCCCCCNC(N)=NCC1(CC)CCC1. The van der Waals surface area contributed by atoms with Gasteiger partial charge in [0.2, 0.25) is 0 Å². The van der Waals surface area contributed by atoms with Crippen molar-refractivity contribution < 1.29 is 0 Å². The van der Waals surface area contributed by atoms with Crippen molar-refractivity contribution in [3.8, 4) is 0 Å². The predicted octanol–water partition coefficient (Wildman–Crippen LogP) is 3.05. The molecular weight excluding hydrogens is 210 g/mol. The quantitative estimate of drug-likeness (QED) is 0.388. The highest BCUT2D eigenvalue weighted by atomic mass is 15.1. The number of nitrogens with one attached hydrogen (secondary N) is 1. The number of unbranched alkanes of at least 4 members (excludes halogenated alkanes) is 3. The highest BCUT2D eigenvalue weighted by molar-refractivity contribution is 5.77. The fourth-order valence-electron chi connectivity index (χ4n) is 2.38. The van der Waals surface area contributed by atoms with Gasteiger partial charge in [0.05, 0.1) is 0 Å². The van der Waals surface area contributed by atoms with Crippen molar-refractivity contribution in [2.45, 2.75) is 65.2 Å². The Morgan fingerprint density at radius 3 is 2.53 bits per heavy atom. The van der Waals surface area contributed by atoms with E-state index < -0.39 is 0 Å². The first kappa shape index (κ1) is 14.3. The molecule has 0 amide bonds. The molecule has 0 saturated heterocycles. The normalized spacial score (nSPS) is 18.8. The van der Waals surface area contributed by atoms with Crippen LogP contribution in [-0.4, -0.2) is 19.0 Å². The Morgan fingerprint density at radius 1 is 1.24 bits per heavy atom. The molecule has 17 heavy (non-hydrogen) atoms. The summed E-state index contributed by atoms with van der Waals surface area (Å²) in [5, 5.41) is 3.21. The Morgan fingerprint density at radius 2 is 2.00 bits per heavy atom. The molecular formula is C14H29N3. The van der Waals surface area contributed by atoms with E-state index in [1.54, 1.807) is 0 Å². The highest BCUT2D eigenvalue weighted by Crippen LogP contribution is 2.43. The molecule has 100 valence electrons. The van der Waals surface area contributed by atoms with Gasteiger partial charge in [0.25, 0.3) is 0 Å². The highest BCUT2D eigenvalue weighted by Gasteiger charge is 2.34. The molecule has 1 fully saturated rings. The summed E-state index contributed by atoms with van der Waals surface area (Å²) >= 11 is 0. The third-order valence-corrected chi connectivity index (χ3v) is 4.09. The topological polar surface area (TPSA) is 50.4 Å². The van der Waals surface area contributed by atoms with Crippen LogP contribution in [0.3, 0.4) is 0 Å². The van der Waals surface area contributed by atoms with Gasteiger partial charge >= 0.3 is 0 Å². The van der Waals surface area contributed by atoms with E-state index in [-0.39, 0.29) is 0 Å². The van der Waals surface area contributed by atoms with Crippen LogP contribution in [0.25, 0.3) is 0 Å². The molecule has 0 atom stereocenters. The molecule has 0 bridgehead atoms. The van der Waals surface area contributed by atoms with Crippen LogP contribution >= 0.6 is 0 Å². The van der Waals surface area contributed by atoms with Gasteiger partial charge in [-0.15, -0.1) is 0 Å². The second kappa shape index (κ2) is 7.57. The molecule has 0 aliphatic heterocycles. The number of nitrogens with two attached hydrogens (primary N) is 1. The Kier molecular flexibility index (Phi) is 6.38. The summed E-state index contributed by atoms with van der Waals surface area (Å²) < 4.78 is 0. The predicted molar refractivity (Wildman–Crippen MR) is 75.2 cm³/mol. The summed E-state index contributed by atoms with van der Waals surface area (Å²) in [4.78, 5) is 4.49. The molecule has 0 spiro atoms. The van der Waals surface area contributed by atoms with Crippen molar-refractivity contribution in [2.24, 2.45) is 16.1 Å². The second-order valence-electron chi connectivity index (χ2n) is 5.40. The van der Waals surface area contributed by atoms with E-state index in [0.717, 1.165) is 13.1 Å².